The number of piperidine rings is 1. The molecule has 1 fully saturated rings. The summed E-state index contributed by atoms with van der Waals surface area (Å²) in [5.74, 6) is 0.327. The normalized spacial score (nSPS) is 17.5. The molecule has 6 heteroatoms. The Morgan fingerprint density at radius 2 is 1.86 bits per heavy atom. The molecule has 1 aliphatic heterocycles. The van der Waals surface area contributed by atoms with Crippen LogP contribution in [-0.4, -0.2) is 34.3 Å². The number of likely N-dealkylation sites (tertiary alicyclic amines) is 1. The van der Waals surface area contributed by atoms with Crippen molar-refractivity contribution in [2.24, 2.45) is 0 Å². The van der Waals surface area contributed by atoms with Crippen LogP contribution in [0.4, 0.5) is 0 Å². The maximum absolute atomic E-state index is 10.5. The topological polar surface area (TPSA) is 43.7 Å². The third kappa shape index (κ3) is 4.62. The van der Waals surface area contributed by atoms with Gasteiger partial charge < -0.3 is 10.2 Å². The predicted octanol–water partition coefficient (Wildman–Crippen LogP) is 6.32. The molecule has 0 spiro atoms. The number of hydrogen-bond acceptors (Lipinski definition) is 6. The van der Waals surface area contributed by atoms with Crippen LogP contribution in [0.3, 0.4) is 0 Å². The van der Waals surface area contributed by atoms with Gasteiger partial charge in [-0.05, 0) is 49.1 Å². The number of aliphatic hydroxyl groups is 1. The van der Waals surface area contributed by atoms with E-state index in [1.54, 1.807) is 26.7 Å². The third-order valence-corrected chi connectivity index (χ3v) is 8.69. The van der Waals surface area contributed by atoms with Crippen LogP contribution in [0.1, 0.15) is 31.2 Å². The lowest BCUT2D eigenvalue weighted by atomic mass is 9.97. The Morgan fingerprint density at radius 1 is 1.03 bits per heavy atom. The molecule has 0 radical (unpaired) electrons. The molecule has 1 aromatic heterocycles. The zero-order valence-electron chi connectivity index (χ0n) is 16.2. The fourth-order valence-corrected chi connectivity index (χ4v) is 7.04. The summed E-state index contributed by atoms with van der Waals surface area (Å²) in [5.41, 5.74) is 4.26. The zero-order chi connectivity index (χ0) is 20.2. The summed E-state index contributed by atoms with van der Waals surface area (Å²) >= 11 is 5.67. The fraction of sp³-hybridized carbons (Fsp3) is 0.348. The highest BCUT2D eigenvalue weighted by molar-refractivity contribution is 7.80. The summed E-state index contributed by atoms with van der Waals surface area (Å²) in [5, 5.41) is 19.9. The zero-order valence-corrected chi connectivity index (χ0v) is 18.7. The van der Waals surface area contributed by atoms with Crippen LogP contribution in [0, 0.1) is 3.82 Å². The van der Waals surface area contributed by atoms with E-state index in [1.807, 2.05) is 24.3 Å². The van der Waals surface area contributed by atoms with Crippen molar-refractivity contribution in [3.8, 4) is 27.3 Å². The summed E-state index contributed by atoms with van der Waals surface area (Å²) < 4.78 is 0.890. The number of benzene rings is 2. The van der Waals surface area contributed by atoms with Gasteiger partial charge in [-0.15, -0.1) is 0 Å². The second-order valence-corrected chi connectivity index (χ2v) is 10.3. The maximum atomic E-state index is 10.5. The largest absolute Gasteiger partial charge is 0.508 e. The minimum Gasteiger partial charge on any atom is -0.508 e. The molecule has 152 valence electrons. The fourth-order valence-electron chi connectivity index (χ4n) is 4.12. The molecular formula is C23H25NO2S3. The molecule has 1 saturated heterocycles. The van der Waals surface area contributed by atoms with Crippen LogP contribution in [-0.2, 0) is 6.54 Å². The molecule has 0 amide bonds. The molecule has 0 bridgehead atoms. The first-order chi connectivity index (χ1) is 14.2. The summed E-state index contributed by atoms with van der Waals surface area (Å²) in [6.45, 7) is 1.92. The number of hydrogen-bond donors (Lipinski definition) is 2. The molecule has 2 heterocycles. The number of nitrogens with zero attached hydrogens (tertiary/aromatic N) is 1. The van der Waals surface area contributed by atoms with Gasteiger partial charge in [0.15, 0.2) is 0 Å². The standard InChI is InChI=1S/C23H25NO2S3/c25-13-11-19-8-4-5-12-24(19)15-18-14-17(9-10-20(18)26)21-22(28-29-23(21)27)16-6-2-1-3-7-16/h1-3,6-7,9-10,14,19,25-26H,4-5,8,11-13,15H2. The van der Waals surface area contributed by atoms with Gasteiger partial charge >= 0.3 is 0 Å². The highest BCUT2D eigenvalue weighted by Crippen LogP contribution is 2.42. The second kappa shape index (κ2) is 9.49. The van der Waals surface area contributed by atoms with Crippen LogP contribution in [0.2, 0.25) is 0 Å². The first-order valence-corrected chi connectivity index (χ1v) is 12.6. The number of aromatic hydroxyl groups is 1. The molecule has 1 unspecified atom stereocenters. The van der Waals surface area contributed by atoms with Crippen molar-refractivity contribution in [1.29, 1.82) is 0 Å². The summed E-state index contributed by atoms with van der Waals surface area (Å²) in [7, 11) is 3.34. The Labute approximate surface area is 184 Å². The highest BCUT2D eigenvalue weighted by atomic mass is 32.9. The average Bonchev–Trinajstić information content (AvgIpc) is 3.13. The van der Waals surface area contributed by atoms with Gasteiger partial charge in [0, 0.05) is 30.3 Å². The highest BCUT2D eigenvalue weighted by Gasteiger charge is 2.23. The minimum absolute atomic E-state index is 0.212. The van der Waals surface area contributed by atoms with E-state index in [0.29, 0.717) is 18.3 Å². The molecule has 0 saturated carbocycles. The number of phenolic OH excluding ortho intramolecular Hbond substituents is 1. The van der Waals surface area contributed by atoms with Crippen molar-refractivity contribution in [1.82, 2.24) is 4.90 Å². The molecule has 4 rings (SSSR count). The van der Waals surface area contributed by atoms with E-state index in [4.69, 9.17) is 12.2 Å². The molecule has 2 aromatic carbocycles. The average molecular weight is 444 g/mol. The van der Waals surface area contributed by atoms with Crippen LogP contribution in [0.25, 0.3) is 21.6 Å². The van der Waals surface area contributed by atoms with Gasteiger partial charge in [0.25, 0.3) is 0 Å². The van der Waals surface area contributed by atoms with Gasteiger partial charge in [-0.3, -0.25) is 4.90 Å². The molecule has 0 aliphatic carbocycles. The van der Waals surface area contributed by atoms with E-state index in [-0.39, 0.29) is 6.61 Å². The molecule has 3 nitrogen and oxygen atoms in total. The Hall–Kier alpha value is -1.57. The van der Waals surface area contributed by atoms with Gasteiger partial charge in [-0.25, -0.2) is 0 Å². The van der Waals surface area contributed by atoms with E-state index >= 15 is 0 Å². The number of rotatable bonds is 6. The second-order valence-electron chi connectivity index (χ2n) is 7.50. The van der Waals surface area contributed by atoms with Gasteiger partial charge in [0.1, 0.15) is 9.57 Å². The quantitative estimate of drug-likeness (QED) is 0.346. The van der Waals surface area contributed by atoms with Crippen molar-refractivity contribution in [2.45, 2.75) is 38.3 Å². The predicted molar refractivity (Wildman–Crippen MR) is 125 cm³/mol. The van der Waals surface area contributed by atoms with Crippen LogP contribution in [0.5, 0.6) is 5.75 Å². The maximum Gasteiger partial charge on any atom is 0.120 e. The summed E-state index contributed by atoms with van der Waals surface area (Å²) in [4.78, 5) is 3.59. The monoisotopic (exact) mass is 443 g/mol. The lowest BCUT2D eigenvalue weighted by Crippen LogP contribution is -2.39. The Morgan fingerprint density at radius 3 is 2.66 bits per heavy atom. The van der Waals surface area contributed by atoms with Gasteiger partial charge in [0.2, 0.25) is 0 Å². The van der Waals surface area contributed by atoms with Crippen LogP contribution < -0.4 is 0 Å². The first kappa shape index (κ1) is 20.7. The number of phenols is 1. The van der Waals surface area contributed by atoms with Crippen LogP contribution >= 0.6 is 32.9 Å². The van der Waals surface area contributed by atoms with E-state index in [0.717, 1.165) is 39.9 Å². The molecular weight excluding hydrogens is 418 g/mol. The van der Waals surface area contributed by atoms with Crippen molar-refractivity contribution in [3.63, 3.8) is 0 Å². The molecule has 29 heavy (non-hydrogen) atoms. The van der Waals surface area contributed by atoms with Gasteiger partial charge in [0.05, 0.1) is 4.88 Å². The first-order valence-electron chi connectivity index (χ1n) is 10.0. The van der Waals surface area contributed by atoms with Crippen molar-refractivity contribution in [3.05, 3.63) is 57.9 Å². The lowest BCUT2D eigenvalue weighted by molar-refractivity contribution is 0.111. The Balaban J connectivity index is 1.68. The lowest BCUT2D eigenvalue weighted by Gasteiger charge is -2.35. The van der Waals surface area contributed by atoms with E-state index in [1.165, 1.54) is 23.3 Å². The molecule has 1 atom stereocenters. The van der Waals surface area contributed by atoms with Crippen molar-refractivity contribution >= 4 is 32.9 Å². The SMILES string of the molecule is OCCC1CCCCN1Cc1cc(-c2c(-c3ccccc3)ssc2=S)ccc1O. The Bertz CT molecular complexity index is 1010. The van der Waals surface area contributed by atoms with Gasteiger partial charge in [-0.2, -0.15) is 0 Å². The molecule has 2 N–H and O–H groups in total. The van der Waals surface area contributed by atoms with Gasteiger partial charge in [-0.1, -0.05) is 75.7 Å². The molecule has 3 aromatic rings. The third-order valence-electron chi connectivity index (χ3n) is 5.62. The minimum atomic E-state index is 0.212. The van der Waals surface area contributed by atoms with Crippen molar-refractivity contribution in [2.75, 3.05) is 13.2 Å². The van der Waals surface area contributed by atoms with Crippen LogP contribution in [0.15, 0.2) is 48.5 Å². The summed E-state index contributed by atoms with van der Waals surface area (Å²) in [6.07, 6.45) is 4.29. The van der Waals surface area contributed by atoms with E-state index in [9.17, 15) is 10.2 Å². The summed E-state index contributed by atoms with van der Waals surface area (Å²) in [6, 6.07) is 16.6. The van der Waals surface area contributed by atoms with E-state index < -0.39 is 0 Å². The number of aliphatic hydroxyl groups excluding tert-OH is 1. The Kier molecular flexibility index (Phi) is 6.77. The van der Waals surface area contributed by atoms with E-state index in [2.05, 4.69) is 23.1 Å². The smallest absolute Gasteiger partial charge is 0.120 e. The van der Waals surface area contributed by atoms with Crippen molar-refractivity contribution < 1.29 is 10.2 Å². The molecule has 1 aliphatic rings.